The number of aromatic nitrogens is 5. The first kappa shape index (κ1) is 17.9. The van der Waals surface area contributed by atoms with Crippen LogP contribution in [0.4, 0.5) is 8.78 Å². The van der Waals surface area contributed by atoms with Crippen molar-refractivity contribution in [1.82, 2.24) is 29.3 Å². The van der Waals surface area contributed by atoms with E-state index in [0.29, 0.717) is 10.5 Å². The Morgan fingerprint density at radius 1 is 1.07 bits per heavy atom. The number of aryl methyl sites for hydroxylation is 1. The molecule has 0 unspecified atom stereocenters. The van der Waals surface area contributed by atoms with Crippen molar-refractivity contribution in [3.63, 3.8) is 0 Å². The minimum absolute atomic E-state index is 0.206. The fraction of sp³-hybridized carbons (Fsp3) is 0.263. The van der Waals surface area contributed by atoms with Crippen LogP contribution in [-0.2, 0) is 7.05 Å². The maximum absolute atomic E-state index is 13.4. The van der Waals surface area contributed by atoms with Crippen molar-refractivity contribution in [2.75, 3.05) is 13.1 Å². The van der Waals surface area contributed by atoms with E-state index >= 15 is 0 Å². The summed E-state index contributed by atoms with van der Waals surface area (Å²) in [4.78, 5) is 18.7. The Balaban J connectivity index is 1.44. The number of likely N-dealkylation sites (tertiary alicyclic amines) is 1. The number of halogens is 2. The van der Waals surface area contributed by atoms with Crippen LogP contribution in [0, 0.1) is 0 Å². The lowest BCUT2D eigenvalue weighted by Gasteiger charge is -2.13. The third-order valence-electron chi connectivity index (χ3n) is 4.99. The second-order valence-corrected chi connectivity index (χ2v) is 7.92. The van der Waals surface area contributed by atoms with E-state index in [2.05, 4.69) is 15.2 Å². The summed E-state index contributed by atoms with van der Waals surface area (Å²) >= 11 is 1.24. The maximum atomic E-state index is 13.4. The fourth-order valence-electron chi connectivity index (χ4n) is 3.43. The molecule has 148 valence electrons. The number of amides is 1. The molecule has 1 amide bonds. The molecule has 10 heteroatoms. The number of fused-ring (bicyclic) bond motifs is 1. The van der Waals surface area contributed by atoms with Gasteiger partial charge >= 0.3 is 0 Å². The largest absolute Gasteiger partial charge is 0.332 e. The molecule has 0 saturated carbocycles. The molecule has 5 heterocycles. The van der Waals surface area contributed by atoms with Gasteiger partial charge in [0.15, 0.2) is 18.0 Å². The topological polar surface area (TPSA) is 68.3 Å². The molecule has 0 bridgehead atoms. The smallest absolute Gasteiger partial charge is 0.264 e. The van der Waals surface area contributed by atoms with Gasteiger partial charge in [-0.05, 0) is 17.0 Å². The summed E-state index contributed by atoms with van der Waals surface area (Å²) in [6, 6.07) is 1.72. The number of carbonyl (C=O) groups is 1. The van der Waals surface area contributed by atoms with Crippen molar-refractivity contribution in [3.05, 3.63) is 47.3 Å². The lowest BCUT2D eigenvalue weighted by Crippen LogP contribution is -2.28. The van der Waals surface area contributed by atoms with Crippen molar-refractivity contribution >= 4 is 22.9 Å². The van der Waals surface area contributed by atoms with Crippen molar-refractivity contribution in [2.45, 2.75) is 12.3 Å². The van der Waals surface area contributed by atoms with Crippen LogP contribution in [0.3, 0.4) is 0 Å². The van der Waals surface area contributed by atoms with E-state index in [9.17, 15) is 13.6 Å². The Morgan fingerprint density at radius 2 is 1.83 bits per heavy atom. The van der Waals surface area contributed by atoms with E-state index in [1.165, 1.54) is 16.2 Å². The number of rotatable bonds is 3. The van der Waals surface area contributed by atoms with Gasteiger partial charge in [0.1, 0.15) is 0 Å². The molecule has 4 aromatic rings. The van der Waals surface area contributed by atoms with Crippen molar-refractivity contribution in [1.29, 1.82) is 0 Å². The van der Waals surface area contributed by atoms with Crippen LogP contribution in [-0.4, -0.2) is 60.6 Å². The first-order chi connectivity index (χ1) is 14.0. The summed E-state index contributed by atoms with van der Waals surface area (Å²) in [6.07, 6.45) is 5.74. The van der Waals surface area contributed by atoms with Gasteiger partial charge in [-0.1, -0.05) is 0 Å². The molecule has 0 aromatic carbocycles. The lowest BCUT2D eigenvalue weighted by atomic mass is 10.1. The molecule has 0 aliphatic carbocycles. The highest BCUT2D eigenvalue weighted by Gasteiger charge is 2.36. The Bertz CT molecular complexity index is 1200. The second kappa shape index (κ2) is 6.73. The summed E-state index contributed by atoms with van der Waals surface area (Å²) in [7, 11) is 1.85. The van der Waals surface area contributed by atoms with E-state index in [4.69, 9.17) is 0 Å². The van der Waals surface area contributed by atoms with E-state index in [0.717, 1.165) is 22.3 Å². The van der Waals surface area contributed by atoms with Gasteiger partial charge in [-0.15, -0.1) is 11.3 Å². The van der Waals surface area contributed by atoms with Crippen LogP contribution < -0.4 is 0 Å². The Labute approximate surface area is 168 Å². The Kier molecular flexibility index (Phi) is 4.16. The molecular weight excluding hydrogens is 398 g/mol. The maximum Gasteiger partial charge on any atom is 0.264 e. The van der Waals surface area contributed by atoms with Gasteiger partial charge in [0.25, 0.3) is 5.91 Å². The monoisotopic (exact) mass is 414 g/mol. The van der Waals surface area contributed by atoms with Crippen LogP contribution in [0.15, 0.2) is 42.4 Å². The van der Waals surface area contributed by atoms with Gasteiger partial charge in [-0.3, -0.25) is 9.48 Å². The van der Waals surface area contributed by atoms with Gasteiger partial charge in [-0.2, -0.15) is 10.2 Å². The summed E-state index contributed by atoms with van der Waals surface area (Å²) in [5.41, 5.74) is 4.06. The Morgan fingerprint density at radius 3 is 2.55 bits per heavy atom. The van der Waals surface area contributed by atoms with E-state index < -0.39 is 12.3 Å². The fourth-order valence-corrected chi connectivity index (χ4v) is 4.31. The molecule has 7 nitrogen and oxygen atoms in total. The zero-order chi connectivity index (χ0) is 20.1. The predicted octanol–water partition coefficient (Wildman–Crippen LogP) is 2.99. The highest BCUT2D eigenvalue weighted by atomic mass is 32.1. The number of hydrogen-bond donors (Lipinski definition) is 0. The number of carbonyl (C=O) groups excluding carboxylic acids is 1. The van der Waals surface area contributed by atoms with Crippen LogP contribution >= 0.6 is 11.3 Å². The molecule has 1 saturated heterocycles. The number of hydrogen-bond acceptors (Lipinski definition) is 5. The van der Waals surface area contributed by atoms with Crippen LogP contribution in [0.5, 0.6) is 0 Å². The molecule has 29 heavy (non-hydrogen) atoms. The average molecular weight is 414 g/mol. The number of thiophene rings is 1. The van der Waals surface area contributed by atoms with E-state index in [-0.39, 0.29) is 19.0 Å². The molecule has 1 aliphatic heterocycles. The molecule has 4 aromatic heterocycles. The zero-order valence-electron chi connectivity index (χ0n) is 15.4. The first-order valence-electron chi connectivity index (χ1n) is 8.98. The molecule has 5 rings (SSSR count). The molecule has 0 radical (unpaired) electrons. The molecule has 1 aliphatic rings. The summed E-state index contributed by atoms with van der Waals surface area (Å²) in [6.45, 7) is -0.411. The third kappa shape index (κ3) is 3.09. The van der Waals surface area contributed by atoms with Crippen LogP contribution in [0.2, 0.25) is 0 Å². The summed E-state index contributed by atoms with van der Waals surface area (Å²) in [5.74, 6) is -0.354. The molecule has 0 N–H and O–H groups in total. The van der Waals surface area contributed by atoms with Gasteiger partial charge in [0, 0.05) is 42.3 Å². The normalized spacial score (nSPS) is 19.3. The predicted molar refractivity (Wildman–Crippen MR) is 104 cm³/mol. The van der Waals surface area contributed by atoms with Gasteiger partial charge in [0.2, 0.25) is 0 Å². The zero-order valence-corrected chi connectivity index (χ0v) is 16.2. The molecule has 1 fully saturated rings. The molecule has 0 spiro atoms. The van der Waals surface area contributed by atoms with Gasteiger partial charge < -0.3 is 4.90 Å². The van der Waals surface area contributed by atoms with Gasteiger partial charge in [0.05, 0.1) is 30.4 Å². The lowest BCUT2D eigenvalue weighted by molar-refractivity contribution is 0.0783. The quantitative estimate of drug-likeness (QED) is 0.517. The van der Waals surface area contributed by atoms with E-state index in [1.54, 1.807) is 33.9 Å². The van der Waals surface area contributed by atoms with Crippen molar-refractivity contribution in [3.8, 4) is 22.3 Å². The van der Waals surface area contributed by atoms with E-state index in [1.807, 2.05) is 24.8 Å². The average Bonchev–Trinajstić information content (AvgIpc) is 3.48. The SMILES string of the molecule is Cn1cc(-c2cnc3c(-c4csc(C(=O)N5C[C@H](F)[C@@H](F)C5)c4)cnn3c2)cn1. The summed E-state index contributed by atoms with van der Waals surface area (Å²) < 4.78 is 30.2. The Hall–Kier alpha value is -3.14. The van der Waals surface area contributed by atoms with Gasteiger partial charge in [-0.25, -0.2) is 18.3 Å². The van der Waals surface area contributed by atoms with Crippen molar-refractivity contribution < 1.29 is 13.6 Å². The third-order valence-corrected chi connectivity index (χ3v) is 5.90. The minimum atomic E-state index is -1.61. The molecule has 2 atom stereocenters. The van der Waals surface area contributed by atoms with Crippen LogP contribution in [0.1, 0.15) is 9.67 Å². The van der Waals surface area contributed by atoms with Crippen molar-refractivity contribution in [2.24, 2.45) is 7.05 Å². The minimum Gasteiger partial charge on any atom is -0.332 e. The standard InChI is InChI=1S/C19H16F2N6OS/c1-25-6-13(4-23-25)12-3-22-18-14(5-24-27(18)7-12)11-2-17(29-10-11)19(28)26-8-15(20)16(21)9-26/h2-7,10,15-16H,8-9H2,1H3/t15-,16-/m0/s1. The number of nitrogens with zero attached hydrogens (tertiary/aromatic N) is 6. The molecular formula is C19H16F2N6OS. The highest BCUT2D eigenvalue weighted by molar-refractivity contribution is 7.12. The summed E-state index contributed by atoms with van der Waals surface area (Å²) in [5, 5.41) is 10.4. The second-order valence-electron chi connectivity index (χ2n) is 7.01. The first-order valence-corrected chi connectivity index (χ1v) is 9.86. The number of alkyl halides is 2. The highest BCUT2D eigenvalue weighted by Crippen LogP contribution is 2.30. The van der Waals surface area contributed by atoms with Crippen LogP contribution in [0.25, 0.3) is 27.9 Å².